The number of nitrogens with zero attached hydrogens (tertiary/aromatic N) is 2. The third kappa shape index (κ3) is 2.01. The third-order valence-corrected chi connectivity index (χ3v) is 3.70. The number of hydrogen-bond acceptors (Lipinski definition) is 3. The lowest BCUT2D eigenvalue weighted by Gasteiger charge is -2.02. The van der Waals surface area contributed by atoms with Gasteiger partial charge in [0.15, 0.2) is 11.4 Å². The number of ketones is 1. The van der Waals surface area contributed by atoms with E-state index in [1.54, 1.807) is 6.20 Å². The molecule has 0 saturated carbocycles. The van der Waals surface area contributed by atoms with Crippen LogP contribution < -0.4 is 0 Å². The maximum absolute atomic E-state index is 12.3. The minimum absolute atomic E-state index is 0.0814. The van der Waals surface area contributed by atoms with Crippen molar-refractivity contribution in [3.63, 3.8) is 0 Å². The second-order valence-electron chi connectivity index (χ2n) is 5.13. The minimum Gasteiger partial charge on any atom is -0.358 e. The molecule has 0 bridgehead atoms. The van der Waals surface area contributed by atoms with Crippen LogP contribution in [0.3, 0.4) is 0 Å². The van der Waals surface area contributed by atoms with Gasteiger partial charge in [0.1, 0.15) is 0 Å². The highest BCUT2D eigenvalue weighted by atomic mass is 16.1. The summed E-state index contributed by atoms with van der Waals surface area (Å²) in [5, 5.41) is 7.95. The summed E-state index contributed by atoms with van der Waals surface area (Å²) in [5.74, 6) is 0.0814. The van der Waals surface area contributed by atoms with Crippen LogP contribution in [0.4, 0.5) is 0 Å². The Bertz CT molecular complexity index is 797. The first-order valence-electron chi connectivity index (χ1n) is 6.53. The van der Waals surface area contributed by atoms with Gasteiger partial charge in [-0.05, 0) is 43.5 Å². The largest absolute Gasteiger partial charge is 0.358 e. The predicted molar refractivity (Wildman–Crippen MR) is 76.9 cm³/mol. The summed E-state index contributed by atoms with van der Waals surface area (Å²) in [6.45, 7) is 5.90. The smallest absolute Gasteiger partial charge is 0.183 e. The van der Waals surface area contributed by atoms with Crippen molar-refractivity contribution in [3.8, 4) is 0 Å². The molecule has 3 heterocycles. The number of aromatic amines is 2. The van der Waals surface area contributed by atoms with Crippen molar-refractivity contribution in [2.24, 2.45) is 0 Å². The van der Waals surface area contributed by atoms with E-state index in [4.69, 9.17) is 0 Å². The molecule has 0 saturated heterocycles. The number of pyridine rings is 1. The Morgan fingerprint density at radius 1 is 1.30 bits per heavy atom. The zero-order chi connectivity index (χ0) is 14.3. The van der Waals surface area contributed by atoms with Crippen molar-refractivity contribution in [1.82, 2.24) is 20.2 Å². The second-order valence-corrected chi connectivity index (χ2v) is 5.13. The molecule has 3 aromatic rings. The number of aromatic nitrogens is 4. The summed E-state index contributed by atoms with van der Waals surface area (Å²) in [7, 11) is 0. The molecular weight excluding hydrogens is 252 g/mol. The van der Waals surface area contributed by atoms with E-state index in [1.807, 2.05) is 33.0 Å². The van der Waals surface area contributed by atoms with E-state index in [9.17, 15) is 4.79 Å². The molecule has 2 N–H and O–H groups in total. The lowest BCUT2D eigenvalue weighted by molar-refractivity contribution is 0.0988. The number of hydrogen-bond donors (Lipinski definition) is 2. The molecule has 0 fully saturated rings. The van der Waals surface area contributed by atoms with Crippen LogP contribution >= 0.6 is 0 Å². The second kappa shape index (κ2) is 4.59. The molecule has 3 aromatic heterocycles. The van der Waals surface area contributed by atoms with E-state index in [0.717, 1.165) is 27.8 Å². The number of carbonyl (C=O) groups excluding carboxylic acids is 1. The van der Waals surface area contributed by atoms with Gasteiger partial charge in [0.25, 0.3) is 0 Å². The summed E-state index contributed by atoms with van der Waals surface area (Å²) < 4.78 is 0. The van der Waals surface area contributed by atoms with Crippen LogP contribution in [0.25, 0.3) is 11.0 Å². The lowest BCUT2D eigenvalue weighted by atomic mass is 10.0. The molecule has 5 nitrogen and oxygen atoms in total. The highest BCUT2D eigenvalue weighted by molar-refractivity contribution is 5.97. The van der Waals surface area contributed by atoms with Crippen LogP contribution in [0.15, 0.2) is 18.5 Å². The lowest BCUT2D eigenvalue weighted by Crippen LogP contribution is -2.06. The molecule has 0 radical (unpaired) electrons. The molecule has 0 spiro atoms. The van der Waals surface area contributed by atoms with Crippen molar-refractivity contribution >= 4 is 16.8 Å². The van der Waals surface area contributed by atoms with Crippen LogP contribution in [-0.2, 0) is 6.42 Å². The first kappa shape index (κ1) is 12.6. The molecular formula is C15H16N4O. The molecule has 0 aliphatic carbocycles. The number of nitrogens with one attached hydrogen (secondary N) is 2. The first-order valence-corrected chi connectivity index (χ1v) is 6.53. The van der Waals surface area contributed by atoms with Crippen LogP contribution in [-0.4, -0.2) is 25.9 Å². The van der Waals surface area contributed by atoms with Gasteiger partial charge in [0.2, 0.25) is 0 Å². The highest BCUT2D eigenvalue weighted by Gasteiger charge is 2.14. The van der Waals surface area contributed by atoms with Gasteiger partial charge in [-0.1, -0.05) is 0 Å². The van der Waals surface area contributed by atoms with Gasteiger partial charge in [-0.3, -0.25) is 9.89 Å². The Hall–Kier alpha value is -2.43. The molecule has 0 amide bonds. The van der Waals surface area contributed by atoms with Gasteiger partial charge in [0.05, 0.1) is 5.69 Å². The minimum atomic E-state index is 0.0814. The maximum Gasteiger partial charge on any atom is 0.183 e. The van der Waals surface area contributed by atoms with Crippen LogP contribution in [0.2, 0.25) is 0 Å². The topological polar surface area (TPSA) is 74.4 Å². The average Bonchev–Trinajstić information content (AvgIpc) is 2.95. The monoisotopic (exact) mass is 268 g/mol. The molecule has 20 heavy (non-hydrogen) atoms. The fourth-order valence-electron chi connectivity index (χ4n) is 2.32. The summed E-state index contributed by atoms with van der Waals surface area (Å²) in [5.41, 5.74) is 5.36. The number of carbonyl (C=O) groups is 1. The van der Waals surface area contributed by atoms with Crippen LogP contribution in [0.1, 0.15) is 32.9 Å². The Morgan fingerprint density at radius 2 is 2.10 bits per heavy atom. The van der Waals surface area contributed by atoms with Crippen molar-refractivity contribution < 1.29 is 4.79 Å². The molecule has 102 valence electrons. The maximum atomic E-state index is 12.3. The Balaban J connectivity index is 1.91. The highest BCUT2D eigenvalue weighted by Crippen LogP contribution is 2.17. The van der Waals surface area contributed by atoms with E-state index in [2.05, 4.69) is 20.2 Å². The van der Waals surface area contributed by atoms with E-state index in [0.29, 0.717) is 17.8 Å². The molecule has 0 atom stereocenters. The van der Waals surface area contributed by atoms with E-state index in [-0.39, 0.29) is 5.78 Å². The average molecular weight is 268 g/mol. The van der Waals surface area contributed by atoms with Crippen molar-refractivity contribution in [1.29, 1.82) is 0 Å². The number of H-pyrrole nitrogens is 2. The van der Waals surface area contributed by atoms with Gasteiger partial charge >= 0.3 is 0 Å². The molecule has 0 aromatic carbocycles. The zero-order valence-electron chi connectivity index (χ0n) is 11.7. The number of rotatable bonds is 3. The van der Waals surface area contributed by atoms with E-state index in [1.165, 1.54) is 0 Å². The number of Topliss-reactive ketones (excluding diaryl/α,β-unsaturated/α-hetero) is 1. The Labute approximate surface area is 116 Å². The summed E-state index contributed by atoms with van der Waals surface area (Å²) >= 11 is 0. The predicted octanol–water partition coefficient (Wildman–Crippen LogP) is 2.64. The molecule has 0 unspecified atom stereocenters. The summed E-state index contributed by atoms with van der Waals surface area (Å²) in [6.07, 6.45) is 3.92. The molecule has 0 aliphatic rings. The Morgan fingerprint density at radius 3 is 2.80 bits per heavy atom. The van der Waals surface area contributed by atoms with Gasteiger partial charge in [-0.2, -0.15) is 5.10 Å². The molecule has 0 aliphatic heterocycles. The van der Waals surface area contributed by atoms with Gasteiger partial charge < -0.3 is 4.98 Å². The van der Waals surface area contributed by atoms with Crippen molar-refractivity contribution in [2.45, 2.75) is 27.2 Å². The Kier molecular flexibility index (Phi) is 2.89. The third-order valence-electron chi connectivity index (χ3n) is 3.70. The fraction of sp³-hybridized carbons (Fsp3) is 0.267. The SMILES string of the molecule is Cc1c[nH]c(C(=O)Cc2cnc3n[nH]c(C)c3c2)c1C. The number of aryl methyl sites for hydroxylation is 2. The van der Waals surface area contributed by atoms with Crippen molar-refractivity contribution in [2.75, 3.05) is 0 Å². The van der Waals surface area contributed by atoms with Crippen LogP contribution in [0, 0.1) is 20.8 Å². The van der Waals surface area contributed by atoms with E-state index >= 15 is 0 Å². The van der Waals surface area contributed by atoms with Gasteiger partial charge in [-0.15, -0.1) is 0 Å². The zero-order valence-corrected chi connectivity index (χ0v) is 11.7. The first-order chi connectivity index (χ1) is 9.56. The normalized spacial score (nSPS) is 11.2. The summed E-state index contributed by atoms with van der Waals surface area (Å²) in [4.78, 5) is 19.6. The quantitative estimate of drug-likeness (QED) is 0.717. The summed E-state index contributed by atoms with van der Waals surface area (Å²) in [6, 6.07) is 1.98. The number of fused-ring (bicyclic) bond motifs is 1. The van der Waals surface area contributed by atoms with Crippen molar-refractivity contribution in [3.05, 3.63) is 46.5 Å². The molecule has 3 rings (SSSR count). The fourth-order valence-corrected chi connectivity index (χ4v) is 2.32. The van der Waals surface area contributed by atoms with Crippen LogP contribution in [0.5, 0.6) is 0 Å². The van der Waals surface area contributed by atoms with Gasteiger partial charge in [0, 0.05) is 29.9 Å². The van der Waals surface area contributed by atoms with Gasteiger partial charge in [-0.25, -0.2) is 4.98 Å². The van der Waals surface area contributed by atoms with E-state index < -0.39 is 0 Å². The standard InChI is InChI=1S/C15H16N4O/c1-8-6-16-14(9(8)2)13(20)5-11-4-12-10(3)18-19-15(12)17-7-11/h4,6-7,16H,5H2,1-3H3,(H,17,18,19). The molecule has 5 heteroatoms.